The lowest BCUT2D eigenvalue weighted by atomic mass is 10.0. The van der Waals surface area contributed by atoms with Crippen LogP contribution in [-0.2, 0) is 6.42 Å². The van der Waals surface area contributed by atoms with Gasteiger partial charge in [0.25, 0.3) is 0 Å². The first-order valence-corrected chi connectivity index (χ1v) is 9.51. The summed E-state index contributed by atoms with van der Waals surface area (Å²) in [7, 11) is 0. The zero-order valence-corrected chi connectivity index (χ0v) is 16.6. The number of carbonyl (C=O) groups is 1. The maximum Gasteiger partial charge on any atom is 0.231 e. The minimum absolute atomic E-state index is 0.0413. The third kappa shape index (κ3) is 3.58. The summed E-state index contributed by atoms with van der Waals surface area (Å²) in [4.78, 5) is 12.9. The van der Waals surface area contributed by atoms with E-state index in [1.54, 1.807) is 12.1 Å². The molecule has 0 unspecified atom stereocenters. The number of nitrogens with zero attached hydrogens (tertiary/aromatic N) is 1. The number of benzene rings is 3. The Hall–Kier alpha value is -3.26. The Kier molecular flexibility index (Phi) is 5.02. The Bertz CT molecular complexity index is 1300. The fraction of sp³-hybridized carbons (Fsp3) is 0.0435. The van der Waals surface area contributed by atoms with E-state index >= 15 is 0 Å². The number of furan rings is 1. The molecule has 0 fully saturated rings. The first-order valence-electron chi connectivity index (χ1n) is 8.76. The highest BCUT2D eigenvalue weighted by atomic mass is 35.5. The number of fused-ring (bicyclic) bond motifs is 1. The molecule has 0 amide bonds. The number of nitrogen functional groups attached to an aromatic ring is 1. The van der Waals surface area contributed by atoms with Crippen molar-refractivity contribution in [2.24, 2.45) is 0 Å². The molecule has 1 aromatic heterocycles. The highest BCUT2D eigenvalue weighted by molar-refractivity contribution is 6.37. The first kappa shape index (κ1) is 19.1. The van der Waals surface area contributed by atoms with Gasteiger partial charge in [-0.2, -0.15) is 5.26 Å². The molecule has 0 saturated heterocycles. The van der Waals surface area contributed by atoms with Crippen molar-refractivity contribution in [2.75, 3.05) is 5.73 Å². The van der Waals surface area contributed by atoms with E-state index in [-0.39, 0.29) is 22.0 Å². The first-order chi connectivity index (χ1) is 14.0. The summed E-state index contributed by atoms with van der Waals surface area (Å²) >= 11 is 12.1. The number of hydrogen-bond acceptors (Lipinski definition) is 4. The van der Waals surface area contributed by atoms with Crippen LogP contribution < -0.4 is 5.73 Å². The van der Waals surface area contributed by atoms with Crippen molar-refractivity contribution in [1.82, 2.24) is 0 Å². The van der Waals surface area contributed by atoms with E-state index < -0.39 is 5.78 Å². The fourth-order valence-electron chi connectivity index (χ4n) is 3.21. The second kappa shape index (κ2) is 7.63. The number of halogens is 2. The van der Waals surface area contributed by atoms with Crippen LogP contribution in [0.1, 0.15) is 21.7 Å². The third-order valence-corrected chi connectivity index (χ3v) is 5.20. The summed E-state index contributed by atoms with van der Waals surface area (Å²) in [6.07, 6.45) is 0.338. The normalized spacial score (nSPS) is 10.8. The third-order valence-electron chi connectivity index (χ3n) is 4.65. The molecular formula is C23H14Cl2N2O2. The van der Waals surface area contributed by atoms with Crippen LogP contribution in [0.25, 0.3) is 22.1 Å². The summed E-state index contributed by atoms with van der Waals surface area (Å²) < 4.78 is 5.82. The molecule has 29 heavy (non-hydrogen) atoms. The van der Waals surface area contributed by atoms with E-state index in [0.717, 1.165) is 16.7 Å². The molecular weight excluding hydrogens is 407 g/mol. The smallest absolute Gasteiger partial charge is 0.231 e. The van der Waals surface area contributed by atoms with Gasteiger partial charge in [0.05, 0.1) is 23.2 Å². The van der Waals surface area contributed by atoms with Gasteiger partial charge in [0.1, 0.15) is 5.58 Å². The van der Waals surface area contributed by atoms with Crippen LogP contribution in [0.5, 0.6) is 0 Å². The highest BCUT2D eigenvalue weighted by Gasteiger charge is 2.22. The number of nitrogens with two attached hydrogens (primary N) is 1. The Labute approximate surface area is 177 Å². The monoisotopic (exact) mass is 420 g/mol. The predicted octanol–water partition coefficient (Wildman–Crippen LogP) is 6.29. The molecule has 4 rings (SSSR count). The van der Waals surface area contributed by atoms with Crippen LogP contribution in [0.4, 0.5) is 5.69 Å². The Morgan fingerprint density at radius 1 is 1.03 bits per heavy atom. The van der Waals surface area contributed by atoms with Crippen LogP contribution in [-0.4, -0.2) is 5.78 Å². The summed E-state index contributed by atoms with van der Waals surface area (Å²) in [6.45, 7) is 0. The number of hydrogen-bond donors (Lipinski definition) is 1. The fourth-order valence-corrected chi connectivity index (χ4v) is 3.71. The molecule has 0 saturated carbocycles. The van der Waals surface area contributed by atoms with Crippen molar-refractivity contribution in [3.8, 4) is 17.2 Å². The van der Waals surface area contributed by atoms with E-state index in [4.69, 9.17) is 38.6 Å². The van der Waals surface area contributed by atoms with Gasteiger partial charge in [-0.05, 0) is 47.0 Å². The van der Waals surface area contributed by atoms with Crippen molar-refractivity contribution in [3.05, 3.63) is 87.6 Å². The Morgan fingerprint density at radius 2 is 1.83 bits per heavy atom. The van der Waals surface area contributed by atoms with Gasteiger partial charge in [-0.3, -0.25) is 4.79 Å². The molecule has 4 aromatic rings. The van der Waals surface area contributed by atoms with E-state index in [1.807, 2.05) is 42.5 Å². The summed E-state index contributed by atoms with van der Waals surface area (Å²) in [6, 6.07) is 20.1. The average molecular weight is 421 g/mol. The lowest BCUT2D eigenvalue weighted by molar-refractivity contribution is 0.101. The number of rotatable bonds is 4. The quantitative estimate of drug-likeness (QED) is 0.393. The van der Waals surface area contributed by atoms with Crippen molar-refractivity contribution >= 4 is 45.6 Å². The summed E-state index contributed by atoms with van der Waals surface area (Å²) in [5.74, 6) is -0.363. The van der Waals surface area contributed by atoms with Gasteiger partial charge in [0.2, 0.25) is 5.78 Å². The number of carbonyl (C=O) groups excluding carboxylic acids is 1. The highest BCUT2D eigenvalue weighted by Crippen LogP contribution is 2.34. The molecule has 0 bridgehead atoms. The van der Waals surface area contributed by atoms with E-state index in [9.17, 15) is 4.79 Å². The van der Waals surface area contributed by atoms with E-state index in [1.165, 1.54) is 6.07 Å². The maximum absolute atomic E-state index is 12.9. The zero-order valence-electron chi connectivity index (χ0n) is 15.1. The minimum atomic E-state index is -0.405. The molecule has 0 aliphatic carbocycles. The number of anilines is 1. The molecule has 3 aromatic carbocycles. The Balaban J connectivity index is 1.77. The van der Waals surface area contributed by atoms with Crippen LogP contribution in [0, 0.1) is 11.3 Å². The lowest BCUT2D eigenvalue weighted by Crippen LogP contribution is -2.03. The minimum Gasteiger partial charge on any atom is -0.450 e. The van der Waals surface area contributed by atoms with Crippen LogP contribution in [0.15, 0.2) is 65.1 Å². The number of ketones is 1. The van der Waals surface area contributed by atoms with Gasteiger partial charge in [0, 0.05) is 16.0 Å². The molecule has 0 radical (unpaired) electrons. The van der Waals surface area contributed by atoms with Crippen molar-refractivity contribution in [2.45, 2.75) is 6.42 Å². The number of nitriles is 1. The van der Waals surface area contributed by atoms with Gasteiger partial charge >= 0.3 is 0 Å². The van der Waals surface area contributed by atoms with Crippen LogP contribution in [0.2, 0.25) is 10.0 Å². The van der Waals surface area contributed by atoms with Crippen molar-refractivity contribution in [3.63, 3.8) is 0 Å². The SMILES string of the molecule is N#CCc1cccc(-c2ccc3c(N)c(C(=O)c4ccc(Cl)cc4Cl)oc3c2)c1. The largest absolute Gasteiger partial charge is 0.450 e. The van der Waals surface area contributed by atoms with Gasteiger partial charge in [-0.15, -0.1) is 0 Å². The topological polar surface area (TPSA) is 80.0 Å². The summed E-state index contributed by atoms with van der Waals surface area (Å²) in [5, 5.41) is 10.2. The van der Waals surface area contributed by atoms with Gasteiger partial charge in [0.15, 0.2) is 5.76 Å². The molecule has 0 atom stereocenters. The maximum atomic E-state index is 12.9. The molecule has 4 nitrogen and oxygen atoms in total. The zero-order chi connectivity index (χ0) is 20.5. The molecule has 142 valence electrons. The standard InChI is InChI=1S/C23H14Cl2N2O2/c24-16-5-7-17(19(25)12-16)22(28)23-21(27)18-6-4-15(11-20(18)29-23)14-3-1-2-13(10-14)8-9-26/h1-7,10-12H,8,27H2. The van der Waals surface area contributed by atoms with Crippen molar-refractivity contribution in [1.29, 1.82) is 5.26 Å². The second-order valence-electron chi connectivity index (χ2n) is 6.54. The molecule has 0 spiro atoms. The van der Waals surface area contributed by atoms with Crippen LogP contribution in [0.3, 0.4) is 0 Å². The Morgan fingerprint density at radius 3 is 2.59 bits per heavy atom. The molecule has 2 N–H and O–H groups in total. The van der Waals surface area contributed by atoms with E-state index in [0.29, 0.717) is 22.4 Å². The molecule has 6 heteroatoms. The molecule has 0 aliphatic heterocycles. The predicted molar refractivity (Wildman–Crippen MR) is 115 cm³/mol. The molecule has 1 heterocycles. The second-order valence-corrected chi connectivity index (χ2v) is 7.39. The van der Waals surface area contributed by atoms with Gasteiger partial charge < -0.3 is 10.2 Å². The van der Waals surface area contributed by atoms with E-state index in [2.05, 4.69) is 6.07 Å². The molecule has 0 aliphatic rings. The lowest BCUT2D eigenvalue weighted by Gasteiger charge is -2.03. The average Bonchev–Trinajstić information content (AvgIpc) is 3.04. The van der Waals surface area contributed by atoms with Gasteiger partial charge in [-0.25, -0.2) is 0 Å². The summed E-state index contributed by atoms with van der Waals surface area (Å²) in [5.41, 5.74) is 10.00. The van der Waals surface area contributed by atoms with Crippen molar-refractivity contribution < 1.29 is 9.21 Å². The van der Waals surface area contributed by atoms with Gasteiger partial charge in [-0.1, -0.05) is 53.5 Å². The van der Waals surface area contributed by atoms with Crippen LogP contribution >= 0.6 is 23.2 Å².